The summed E-state index contributed by atoms with van der Waals surface area (Å²) in [6, 6.07) is 18.3. The van der Waals surface area contributed by atoms with E-state index in [1.54, 1.807) is 0 Å². The summed E-state index contributed by atoms with van der Waals surface area (Å²) in [5, 5.41) is 0. The van der Waals surface area contributed by atoms with Crippen molar-refractivity contribution < 1.29 is 0 Å². The standard InChI is InChI=1S/C28H36/c1-3-5-6-7-8-24-9-11-25(12-10-24)13-14-26-17-21-28(22-18-26)27-19-15-23(4-2)16-20-27/h9-12,15-16,19-20,26,28H,3-8,17-18,21-22H2,1-2H3. The fraction of sp³-hybridized carbons (Fsp3) is 0.500. The Morgan fingerprint density at radius 1 is 0.750 bits per heavy atom. The van der Waals surface area contributed by atoms with Crippen molar-refractivity contribution in [1.82, 2.24) is 0 Å². The highest BCUT2D eigenvalue weighted by atomic mass is 14.2. The minimum absolute atomic E-state index is 0.569. The maximum Gasteiger partial charge on any atom is 0.0245 e. The normalized spacial score (nSPS) is 19.1. The van der Waals surface area contributed by atoms with E-state index in [-0.39, 0.29) is 0 Å². The van der Waals surface area contributed by atoms with Crippen molar-refractivity contribution in [3.8, 4) is 11.8 Å². The first-order chi connectivity index (χ1) is 13.8. The van der Waals surface area contributed by atoms with Gasteiger partial charge in [-0.25, -0.2) is 0 Å². The molecule has 0 unspecified atom stereocenters. The molecule has 1 aliphatic carbocycles. The first kappa shape index (κ1) is 20.7. The Kier molecular flexibility index (Phi) is 8.23. The van der Waals surface area contributed by atoms with Gasteiger partial charge in [-0.05, 0) is 79.7 Å². The Hall–Kier alpha value is -2.00. The molecule has 0 N–H and O–H groups in total. The lowest BCUT2D eigenvalue weighted by molar-refractivity contribution is 0.384. The van der Waals surface area contributed by atoms with Crippen LogP contribution in [0.25, 0.3) is 0 Å². The van der Waals surface area contributed by atoms with Gasteiger partial charge in [0.15, 0.2) is 0 Å². The molecule has 0 atom stereocenters. The molecule has 0 bridgehead atoms. The van der Waals surface area contributed by atoms with E-state index in [2.05, 4.69) is 74.2 Å². The minimum atomic E-state index is 0.569. The fourth-order valence-electron chi connectivity index (χ4n) is 4.29. The van der Waals surface area contributed by atoms with Crippen molar-refractivity contribution in [3.63, 3.8) is 0 Å². The van der Waals surface area contributed by atoms with Crippen LogP contribution >= 0.6 is 0 Å². The zero-order valence-electron chi connectivity index (χ0n) is 17.8. The van der Waals surface area contributed by atoms with Crippen LogP contribution in [0.5, 0.6) is 0 Å². The average molecular weight is 373 g/mol. The zero-order chi connectivity index (χ0) is 19.6. The Bertz CT molecular complexity index is 746. The van der Waals surface area contributed by atoms with Gasteiger partial charge in [-0.15, -0.1) is 0 Å². The van der Waals surface area contributed by atoms with Crippen LogP contribution in [0.1, 0.15) is 93.4 Å². The van der Waals surface area contributed by atoms with Gasteiger partial charge >= 0.3 is 0 Å². The highest BCUT2D eigenvalue weighted by Gasteiger charge is 2.21. The molecule has 2 aromatic rings. The van der Waals surface area contributed by atoms with Crippen LogP contribution in [0.3, 0.4) is 0 Å². The lowest BCUT2D eigenvalue weighted by Crippen LogP contribution is -2.12. The third-order valence-corrected chi connectivity index (χ3v) is 6.28. The van der Waals surface area contributed by atoms with Crippen LogP contribution in [0.15, 0.2) is 48.5 Å². The molecule has 0 heteroatoms. The Morgan fingerprint density at radius 3 is 2.07 bits per heavy atom. The first-order valence-corrected chi connectivity index (χ1v) is 11.5. The van der Waals surface area contributed by atoms with Gasteiger partial charge < -0.3 is 0 Å². The molecule has 1 saturated carbocycles. The van der Waals surface area contributed by atoms with Gasteiger partial charge in [0, 0.05) is 11.5 Å². The summed E-state index contributed by atoms with van der Waals surface area (Å²) in [5.41, 5.74) is 5.60. The molecule has 28 heavy (non-hydrogen) atoms. The van der Waals surface area contributed by atoms with Crippen molar-refractivity contribution in [2.45, 2.75) is 84.0 Å². The zero-order valence-corrected chi connectivity index (χ0v) is 17.8. The van der Waals surface area contributed by atoms with Crippen molar-refractivity contribution in [3.05, 3.63) is 70.8 Å². The molecule has 0 aliphatic heterocycles. The van der Waals surface area contributed by atoms with Crippen LogP contribution in [0.2, 0.25) is 0 Å². The van der Waals surface area contributed by atoms with Gasteiger partial charge in [-0.3, -0.25) is 0 Å². The molecule has 2 aromatic carbocycles. The van der Waals surface area contributed by atoms with E-state index >= 15 is 0 Å². The smallest absolute Gasteiger partial charge is 0.0245 e. The fourth-order valence-corrected chi connectivity index (χ4v) is 4.29. The van der Waals surface area contributed by atoms with E-state index in [4.69, 9.17) is 0 Å². The van der Waals surface area contributed by atoms with Gasteiger partial charge in [-0.2, -0.15) is 0 Å². The van der Waals surface area contributed by atoms with E-state index in [1.165, 1.54) is 80.0 Å². The summed E-state index contributed by atoms with van der Waals surface area (Å²) in [6.07, 6.45) is 12.7. The summed E-state index contributed by atoms with van der Waals surface area (Å²) in [6.45, 7) is 4.49. The molecule has 0 spiro atoms. The topological polar surface area (TPSA) is 0 Å². The van der Waals surface area contributed by atoms with Crippen LogP contribution in [0.4, 0.5) is 0 Å². The summed E-state index contributed by atoms with van der Waals surface area (Å²) in [4.78, 5) is 0. The Balaban J connectivity index is 1.46. The van der Waals surface area contributed by atoms with Crippen molar-refractivity contribution in [2.24, 2.45) is 5.92 Å². The molecule has 3 rings (SSSR count). The van der Waals surface area contributed by atoms with Crippen molar-refractivity contribution in [1.29, 1.82) is 0 Å². The molecular formula is C28H36. The molecule has 0 heterocycles. The molecule has 0 saturated heterocycles. The second kappa shape index (κ2) is 11.1. The van der Waals surface area contributed by atoms with E-state index in [0.29, 0.717) is 5.92 Å². The molecule has 0 radical (unpaired) electrons. The quantitative estimate of drug-likeness (QED) is 0.345. The van der Waals surface area contributed by atoms with Gasteiger partial charge in [-0.1, -0.05) is 81.3 Å². The number of rotatable bonds is 7. The van der Waals surface area contributed by atoms with E-state index < -0.39 is 0 Å². The maximum absolute atomic E-state index is 3.56. The third-order valence-electron chi connectivity index (χ3n) is 6.28. The summed E-state index contributed by atoms with van der Waals surface area (Å²) >= 11 is 0. The molecule has 0 aromatic heterocycles. The van der Waals surface area contributed by atoms with E-state index in [9.17, 15) is 0 Å². The van der Waals surface area contributed by atoms with Crippen LogP contribution in [0, 0.1) is 17.8 Å². The van der Waals surface area contributed by atoms with Crippen molar-refractivity contribution >= 4 is 0 Å². The van der Waals surface area contributed by atoms with Gasteiger partial charge in [0.25, 0.3) is 0 Å². The second-order valence-electron chi connectivity index (χ2n) is 8.42. The van der Waals surface area contributed by atoms with Gasteiger partial charge in [0.2, 0.25) is 0 Å². The number of unbranched alkanes of at least 4 members (excludes halogenated alkanes) is 3. The number of hydrogen-bond donors (Lipinski definition) is 0. The number of hydrogen-bond acceptors (Lipinski definition) is 0. The van der Waals surface area contributed by atoms with Crippen LogP contribution < -0.4 is 0 Å². The molecule has 0 nitrogen and oxygen atoms in total. The maximum atomic E-state index is 3.56. The highest BCUT2D eigenvalue weighted by molar-refractivity contribution is 5.37. The number of benzene rings is 2. The highest BCUT2D eigenvalue weighted by Crippen LogP contribution is 2.35. The average Bonchev–Trinajstić information content (AvgIpc) is 2.76. The molecule has 0 amide bonds. The predicted octanol–water partition coefficient (Wildman–Crippen LogP) is 7.70. The van der Waals surface area contributed by atoms with Gasteiger partial charge in [0.05, 0.1) is 0 Å². The molecule has 1 aliphatic rings. The number of aryl methyl sites for hydroxylation is 2. The lowest BCUT2D eigenvalue weighted by Gasteiger charge is -2.26. The second-order valence-corrected chi connectivity index (χ2v) is 8.42. The largest absolute Gasteiger partial charge is 0.0945 e. The minimum Gasteiger partial charge on any atom is -0.0945 e. The van der Waals surface area contributed by atoms with Gasteiger partial charge in [0.1, 0.15) is 0 Å². The predicted molar refractivity (Wildman–Crippen MR) is 122 cm³/mol. The lowest BCUT2D eigenvalue weighted by atomic mass is 9.79. The molecule has 1 fully saturated rings. The SMILES string of the molecule is CCCCCCc1ccc(C#CC2CCC(c3ccc(CC)cc3)CC2)cc1. The van der Waals surface area contributed by atoms with E-state index in [1.807, 2.05) is 0 Å². The van der Waals surface area contributed by atoms with Crippen molar-refractivity contribution in [2.75, 3.05) is 0 Å². The molecule has 148 valence electrons. The Labute approximate surface area is 172 Å². The summed E-state index contributed by atoms with van der Waals surface area (Å²) < 4.78 is 0. The van der Waals surface area contributed by atoms with Crippen LogP contribution in [-0.4, -0.2) is 0 Å². The van der Waals surface area contributed by atoms with Crippen LogP contribution in [-0.2, 0) is 12.8 Å². The van der Waals surface area contributed by atoms with E-state index in [0.717, 1.165) is 12.3 Å². The first-order valence-electron chi connectivity index (χ1n) is 11.5. The summed E-state index contributed by atoms with van der Waals surface area (Å²) in [7, 11) is 0. The Morgan fingerprint density at radius 2 is 1.43 bits per heavy atom. The third kappa shape index (κ3) is 6.27. The monoisotopic (exact) mass is 372 g/mol. The summed E-state index contributed by atoms with van der Waals surface area (Å²) in [5.74, 6) is 8.30. The molecular weight excluding hydrogens is 336 g/mol.